The Labute approximate surface area is 170 Å². The Balaban J connectivity index is 1.75. The predicted octanol–water partition coefficient (Wildman–Crippen LogP) is 4.68. The van der Waals surface area contributed by atoms with Crippen molar-refractivity contribution in [2.45, 2.75) is 46.0 Å². The molecule has 0 spiro atoms. The van der Waals surface area contributed by atoms with Gasteiger partial charge in [-0.3, -0.25) is 4.79 Å². The van der Waals surface area contributed by atoms with Gasteiger partial charge in [-0.15, -0.1) is 15.0 Å². The number of ether oxygens (including phenoxy) is 1. The molecule has 3 aromatic rings. The maximum atomic E-state index is 12.5. The fourth-order valence-corrected chi connectivity index (χ4v) is 3.31. The van der Waals surface area contributed by atoms with E-state index < -0.39 is 0 Å². The van der Waals surface area contributed by atoms with E-state index in [0.717, 1.165) is 32.1 Å². The maximum absolute atomic E-state index is 12.5. The van der Waals surface area contributed by atoms with Crippen molar-refractivity contribution in [2.75, 3.05) is 12.4 Å². The molecule has 29 heavy (non-hydrogen) atoms. The summed E-state index contributed by atoms with van der Waals surface area (Å²) in [5, 5.41) is 22.2. The highest BCUT2D eigenvalue weighted by Gasteiger charge is 2.17. The van der Waals surface area contributed by atoms with Crippen LogP contribution in [0.4, 0.5) is 5.69 Å². The summed E-state index contributed by atoms with van der Waals surface area (Å²) in [5.41, 5.74) is 2.36. The molecule has 0 aliphatic carbocycles. The Bertz CT molecular complexity index is 983. The van der Waals surface area contributed by atoms with Crippen LogP contribution in [0.25, 0.3) is 16.7 Å². The molecule has 7 nitrogen and oxygen atoms in total. The van der Waals surface area contributed by atoms with Crippen molar-refractivity contribution < 1.29 is 14.6 Å². The van der Waals surface area contributed by atoms with Crippen molar-refractivity contribution in [3.05, 3.63) is 36.4 Å². The number of hydrogen-bond donors (Lipinski definition) is 2. The number of phenols is 1. The summed E-state index contributed by atoms with van der Waals surface area (Å²) in [4.78, 5) is 13.9. The second-order valence-electron chi connectivity index (χ2n) is 7.14. The van der Waals surface area contributed by atoms with Gasteiger partial charge < -0.3 is 15.2 Å². The number of amides is 1. The van der Waals surface area contributed by atoms with E-state index in [1.165, 1.54) is 10.9 Å². The number of anilines is 1. The zero-order valence-electron chi connectivity index (χ0n) is 17.2. The number of hydrogen-bond acceptors (Lipinski definition) is 5. The Morgan fingerprint density at radius 3 is 2.62 bits per heavy atom. The van der Waals surface area contributed by atoms with Crippen LogP contribution in [0.2, 0.25) is 0 Å². The van der Waals surface area contributed by atoms with Gasteiger partial charge in [-0.1, -0.05) is 33.1 Å². The number of carbonyl (C=O) groups excluding carboxylic acids is 1. The number of fused-ring (bicyclic) bond motifs is 1. The van der Waals surface area contributed by atoms with E-state index in [2.05, 4.69) is 22.4 Å². The van der Waals surface area contributed by atoms with Crippen LogP contribution < -0.4 is 10.1 Å². The number of carbonyl (C=O) groups is 1. The lowest BCUT2D eigenvalue weighted by Gasteiger charge is -2.15. The Hall–Kier alpha value is -3.09. The lowest BCUT2D eigenvalue weighted by atomic mass is 9.97. The van der Waals surface area contributed by atoms with Crippen molar-refractivity contribution in [1.82, 2.24) is 15.0 Å². The van der Waals surface area contributed by atoms with Crippen LogP contribution in [0.5, 0.6) is 11.5 Å². The van der Waals surface area contributed by atoms with Crippen molar-refractivity contribution in [2.24, 2.45) is 5.92 Å². The predicted molar refractivity (Wildman–Crippen MR) is 114 cm³/mol. The largest absolute Gasteiger partial charge is 0.506 e. The topological polar surface area (TPSA) is 89.3 Å². The maximum Gasteiger partial charge on any atom is 0.227 e. The summed E-state index contributed by atoms with van der Waals surface area (Å²) < 4.78 is 5.21. The minimum Gasteiger partial charge on any atom is -0.506 e. The smallest absolute Gasteiger partial charge is 0.227 e. The monoisotopic (exact) mass is 396 g/mol. The number of aromatic hydroxyl groups is 1. The molecule has 0 saturated carbocycles. The van der Waals surface area contributed by atoms with Crippen molar-refractivity contribution >= 4 is 22.6 Å². The average molecular weight is 396 g/mol. The SMILES string of the molecule is CCCCCC(CC)C(=O)Nc1ccc(-n2nc3ccc(OC)cc3n2)c(O)c1. The van der Waals surface area contributed by atoms with Gasteiger partial charge in [0.25, 0.3) is 0 Å². The lowest BCUT2D eigenvalue weighted by molar-refractivity contribution is -0.120. The third-order valence-electron chi connectivity index (χ3n) is 5.07. The summed E-state index contributed by atoms with van der Waals surface area (Å²) in [5.74, 6) is 0.660. The molecule has 2 aromatic carbocycles. The number of unbranched alkanes of at least 4 members (excludes halogenated alkanes) is 2. The third kappa shape index (κ3) is 4.85. The van der Waals surface area contributed by atoms with Gasteiger partial charge in [0.2, 0.25) is 5.91 Å². The van der Waals surface area contributed by atoms with Gasteiger partial charge in [0.1, 0.15) is 28.2 Å². The molecule has 0 fully saturated rings. The molecule has 1 unspecified atom stereocenters. The zero-order chi connectivity index (χ0) is 20.8. The number of nitrogens with zero attached hydrogens (tertiary/aromatic N) is 3. The Morgan fingerprint density at radius 1 is 1.14 bits per heavy atom. The van der Waals surface area contributed by atoms with Crippen molar-refractivity contribution in [3.8, 4) is 17.2 Å². The lowest BCUT2D eigenvalue weighted by Crippen LogP contribution is -2.22. The molecule has 1 heterocycles. The van der Waals surface area contributed by atoms with Crippen molar-refractivity contribution in [1.29, 1.82) is 0 Å². The first-order chi connectivity index (χ1) is 14.0. The highest BCUT2D eigenvalue weighted by Crippen LogP contribution is 2.27. The normalized spacial score (nSPS) is 12.1. The molecule has 154 valence electrons. The summed E-state index contributed by atoms with van der Waals surface area (Å²) in [6.07, 6.45) is 5.00. The summed E-state index contributed by atoms with van der Waals surface area (Å²) in [6.45, 7) is 4.18. The van der Waals surface area contributed by atoms with E-state index in [4.69, 9.17) is 4.74 Å². The van der Waals surface area contributed by atoms with E-state index >= 15 is 0 Å². The van der Waals surface area contributed by atoms with Gasteiger partial charge in [0, 0.05) is 23.7 Å². The molecule has 0 aliphatic rings. The van der Waals surface area contributed by atoms with Crippen LogP contribution in [0, 0.1) is 5.92 Å². The number of methoxy groups -OCH3 is 1. The van der Waals surface area contributed by atoms with Crippen LogP contribution in [0.3, 0.4) is 0 Å². The van der Waals surface area contributed by atoms with E-state index in [1.54, 1.807) is 25.3 Å². The Kier molecular flexibility index (Phi) is 6.69. The first-order valence-corrected chi connectivity index (χ1v) is 10.1. The molecule has 3 rings (SSSR count). The van der Waals surface area contributed by atoms with E-state index in [1.807, 2.05) is 19.1 Å². The molecule has 7 heteroatoms. The van der Waals surface area contributed by atoms with Gasteiger partial charge in [-0.25, -0.2) is 0 Å². The van der Waals surface area contributed by atoms with Gasteiger partial charge in [-0.2, -0.15) is 0 Å². The molecule has 0 saturated heterocycles. The molecule has 2 N–H and O–H groups in total. The van der Waals surface area contributed by atoms with Gasteiger partial charge in [0.15, 0.2) is 0 Å². The summed E-state index contributed by atoms with van der Waals surface area (Å²) in [6, 6.07) is 10.4. The number of rotatable bonds is 9. The molecular formula is C22H28N4O3. The quantitative estimate of drug-likeness (QED) is 0.513. The van der Waals surface area contributed by atoms with Crippen LogP contribution in [-0.2, 0) is 4.79 Å². The van der Waals surface area contributed by atoms with Gasteiger partial charge in [0.05, 0.1) is 7.11 Å². The summed E-state index contributed by atoms with van der Waals surface area (Å²) >= 11 is 0. The number of benzene rings is 2. The first kappa shape index (κ1) is 20.6. The first-order valence-electron chi connectivity index (χ1n) is 10.1. The number of nitrogens with one attached hydrogen (secondary N) is 1. The molecular weight excluding hydrogens is 368 g/mol. The standard InChI is InChI=1S/C22H28N4O3/c1-4-6-7-8-15(5-2)22(28)23-16-9-12-20(21(27)13-16)26-24-18-11-10-17(29-3)14-19(18)25-26/h9-15,27H,4-8H2,1-3H3,(H,23,28). The zero-order valence-corrected chi connectivity index (χ0v) is 17.2. The van der Waals surface area contributed by atoms with Crippen LogP contribution in [-0.4, -0.2) is 33.1 Å². The van der Waals surface area contributed by atoms with Crippen LogP contribution >= 0.6 is 0 Å². The van der Waals surface area contributed by atoms with Crippen molar-refractivity contribution in [3.63, 3.8) is 0 Å². The molecule has 1 aromatic heterocycles. The minimum absolute atomic E-state index is 0.00546. The fourth-order valence-electron chi connectivity index (χ4n) is 3.31. The van der Waals surface area contributed by atoms with E-state index in [0.29, 0.717) is 28.2 Å². The highest BCUT2D eigenvalue weighted by molar-refractivity contribution is 5.92. The van der Waals surface area contributed by atoms with Gasteiger partial charge >= 0.3 is 0 Å². The average Bonchev–Trinajstić information content (AvgIpc) is 3.14. The number of phenolic OH excluding ortho intramolecular Hbond substituents is 1. The molecule has 1 amide bonds. The summed E-state index contributed by atoms with van der Waals surface area (Å²) in [7, 11) is 1.59. The van der Waals surface area contributed by atoms with Crippen LogP contribution in [0.1, 0.15) is 46.0 Å². The fraction of sp³-hybridized carbons (Fsp3) is 0.409. The molecule has 1 atom stereocenters. The molecule has 0 bridgehead atoms. The third-order valence-corrected chi connectivity index (χ3v) is 5.07. The highest BCUT2D eigenvalue weighted by atomic mass is 16.5. The van der Waals surface area contributed by atoms with Crippen LogP contribution in [0.15, 0.2) is 36.4 Å². The second kappa shape index (κ2) is 9.41. The molecule has 0 radical (unpaired) electrons. The van der Waals surface area contributed by atoms with Gasteiger partial charge in [-0.05, 0) is 37.1 Å². The number of aromatic nitrogens is 3. The van der Waals surface area contributed by atoms with E-state index in [9.17, 15) is 9.90 Å². The minimum atomic E-state index is -0.0172. The second-order valence-corrected chi connectivity index (χ2v) is 7.14. The molecule has 0 aliphatic heterocycles. The van der Waals surface area contributed by atoms with E-state index in [-0.39, 0.29) is 17.6 Å². The Morgan fingerprint density at radius 2 is 1.93 bits per heavy atom.